The Morgan fingerprint density at radius 1 is 0.628 bits per heavy atom. The number of methoxy groups -OCH3 is 1. The topological polar surface area (TPSA) is 9.23 Å². The fourth-order valence-electron chi connectivity index (χ4n) is 8.23. The van der Waals surface area contributed by atoms with Crippen molar-refractivity contribution in [3.05, 3.63) is 70.8 Å². The van der Waals surface area contributed by atoms with Gasteiger partial charge in [-0.05, 0) is 112 Å². The van der Waals surface area contributed by atoms with Gasteiger partial charge in [0.2, 0.25) is 0 Å². The van der Waals surface area contributed by atoms with E-state index in [1.165, 1.54) is 103 Å². The Kier molecular flexibility index (Phi) is 10.8. The van der Waals surface area contributed by atoms with Gasteiger partial charge in [0.25, 0.3) is 0 Å². The number of hydrogen-bond acceptors (Lipinski definition) is 1. The molecule has 0 bridgehead atoms. The van der Waals surface area contributed by atoms with Crippen LogP contribution in [0.25, 0.3) is 22.3 Å². The normalized spacial score (nSPS) is 17.0. The van der Waals surface area contributed by atoms with Crippen LogP contribution >= 0.6 is 7.92 Å². The van der Waals surface area contributed by atoms with Gasteiger partial charge in [-0.2, -0.15) is 0 Å². The van der Waals surface area contributed by atoms with E-state index >= 15 is 0 Å². The van der Waals surface area contributed by atoms with Crippen molar-refractivity contribution < 1.29 is 4.74 Å². The summed E-state index contributed by atoms with van der Waals surface area (Å²) in [7, 11) is 1.58. The molecule has 3 aromatic rings. The molecule has 2 saturated carbocycles. The van der Waals surface area contributed by atoms with Crippen LogP contribution < -0.4 is 10.0 Å². The molecule has 2 aliphatic carbocycles. The van der Waals surface area contributed by atoms with Gasteiger partial charge in [-0.1, -0.05) is 130 Å². The molecule has 43 heavy (non-hydrogen) atoms. The third kappa shape index (κ3) is 6.64. The van der Waals surface area contributed by atoms with Crippen molar-refractivity contribution in [2.24, 2.45) is 0 Å². The zero-order valence-electron chi connectivity index (χ0n) is 28.4. The zero-order valence-corrected chi connectivity index (χ0v) is 29.3. The van der Waals surface area contributed by atoms with Crippen molar-refractivity contribution in [2.45, 2.75) is 142 Å². The largest absolute Gasteiger partial charge is 0.496 e. The van der Waals surface area contributed by atoms with Crippen molar-refractivity contribution in [2.75, 3.05) is 7.11 Å². The van der Waals surface area contributed by atoms with Crippen molar-refractivity contribution in [1.29, 1.82) is 0 Å². The van der Waals surface area contributed by atoms with Crippen LogP contribution in [0, 0.1) is 6.92 Å². The van der Waals surface area contributed by atoms with Crippen LogP contribution in [0.2, 0.25) is 0 Å². The molecule has 0 heterocycles. The molecular formula is C41H57OP. The van der Waals surface area contributed by atoms with Crippen LogP contribution in [-0.2, 0) is 0 Å². The lowest BCUT2D eigenvalue weighted by Crippen LogP contribution is -2.29. The second kappa shape index (κ2) is 14.3. The number of ether oxygens (including phenoxy) is 1. The van der Waals surface area contributed by atoms with Crippen molar-refractivity contribution in [3.63, 3.8) is 0 Å². The molecular weight excluding hydrogens is 539 g/mol. The van der Waals surface area contributed by atoms with E-state index in [9.17, 15) is 0 Å². The van der Waals surface area contributed by atoms with Crippen LogP contribution in [0.15, 0.2) is 48.5 Å². The minimum Gasteiger partial charge on any atom is -0.496 e. The first kappa shape index (κ1) is 32.3. The van der Waals surface area contributed by atoms with Crippen molar-refractivity contribution in [3.8, 4) is 28.0 Å². The summed E-state index contributed by atoms with van der Waals surface area (Å²) >= 11 is 0. The summed E-state index contributed by atoms with van der Waals surface area (Å²) in [6.45, 7) is 16.8. The first-order chi connectivity index (χ1) is 20.7. The molecule has 0 spiro atoms. The molecule has 2 aliphatic rings. The molecule has 0 amide bonds. The maximum absolute atomic E-state index is 6.42. The molecule has 0 saturated heterocycles. The standard InChI is InChI=1S/C41H57OP/c1-27(2)34-26-35(28(3)4)40(37(29(5)6)39(34)31-18-12-9-13-19-31)38-30(7)24-25-36(42-8)41(38)43(32-20-14-10-15-21-32)33-22-16-11-17-23-33/h9,12-13,18-19,24-29,32-33H,10-11,14-17,20-23H2,1-8H3. The van der Waals surface area contributed by atoms with Gasteiger partial charge in [-0.15, -0.1) is 0 Å². The lowest BCUT2D eigenvalue weighted by molar-refractivity contribution is 0.417. The van der Waals surface area contributed by atoms with Crippen LogP contribution in [0.1, 0.15) is 146 Å². The van der Waals surface area contributed by atoms with Gasteiger partial charge in [0.15, 0.2) is 0 Å². The first-order valence-corrected chi connectivity index (χ1v) is 18.9. The Morgan fingerprint density at radius 3 is 1.65 bits per heavy atom. The molecule has 0 radical (unpaired) electrons. The minimum absolute atomic E-state index is 0.352. The highest BCUT2D eigenvalue weighted by Crippen LogP contribution is 2.59. The Hall–Kier alpha value is -2.11. The molecule has 2 fully saturated rings. The average Bonchev–Trinajstić information content (AvgIpc) is 3.02. The summed E-state index contributed by atoms with van der Waals surface area (Å²) in [6.07, 6.45) is 14.0. The Balaban J connectivity index is 1.91. The van der Waals surface area contributed by atoms with Crippen molar-refractivity contribution >= 4 is 13.2 Å². The number of rotatable bonds is 9. The quantitative estimate of drug-likeness (QED) is 0.223. The maximum atomic E-state index is 6.42. The summed E-state index contributed by atoms with van der Waals surface area (Å²) in [5.41, 5.74) is 13.5. The highest BCUT2D eigenvalue weighted by molar-refractivity contribution is 7.67. The van der Waals surface area contributed by atoms with E-state index in [4.69, 9.17) is 4.74 Å². The number of benzene rings is 3. The molecule has 2 heteroatoms. The van der Waals surface area contributed by atoms with Gasteiger partial charge in [0, 0.05) is 5.30 Å². The lowest BCUT2D eigenvalue weighted by atomic mass is 9.75. The van der Waals surface area contributed by atoms with E-state index in [2.05, 4.69) is 97.0 Å². The second-order valence-corrected chi connectivity index (χ2v) is 17.1. The Morgan fingerprint density at radius 2 is 1.16 bits per heavy atom. The third-order valence-electron chi connectivity index (χ3n) is 10.3. The van der Waals surface area contributed by atoms with Gasteiger partial charge < -0.3 is 4.74 Å². The predicted octanol–water partition coefficient (Wildman–Crippen LogP) is 12.5. The van der Waals surface area contributed by atoms with E-state index in [1.54, 1.807) is 10.9 Å². The fourth-order valence-corrected chi connectivity index (χ4v) is 12.4. The van der Waals surface area contributed by atoms with Crippen molar-refractivity contribution in [1.82, 2.24) is 0 Å². The van der Waals surface area contributed by atoms with E-state index < -0.39 is 0 Å². The Bertz CT molecular complexity index is 1340. The monoisotopic (exact) mass is 596 g/mol. The molecule has 0 unspecified atom stereocenters. The minimum atomic E-state index is -0.352. The van der Waals surface area contributed by atoms with Crippen LogP contribution in [0.4, 0.5) is 0 Å². The lowest BCUT2D eigenvalue weighted by Gasteiger charge is -2.41. The second-order valence-electron chi connectivity index (χ2n) is 14.3. The SMILES string of the molecule is COc1ccc(C)c(-c2c(C(C)C)cc(C(C)C)c(-c3ccccc3)c2C(C)C)c1P(C1CCCCC1)C1CCCCC1. The van der Waals surface area contributed by atoms with E-state index in [1.807, 2.05) is 7.11 Å². The van der Waals surface area contributed by atoms with Gasteiger partial charge in [-0.3, -0.25) is 0 Å². The van der Waals surface area contributed by atoms with Crippen LogP contribution in [0.3, 0.4) is 0 Å². The smallest absolute Gasteiger partial charge is 0.127 e. The molecule has 5 rings (SSSR count). The number of aryl methyl sites for hydroxylation is 1. The summed E-state index contributed by atoms with van der Waals surface area (Å²) in [6, 6.07) is 18.5. The molecule has 0 aliphatic heterocycles. The first-order valence-electron chi connectivity index (χ1n) is 17.5. The molecule has 0 aromatic heterocycles. The summed E-state index contributed by atoms with van der Waals surface area (Å²) in [4.78, 5) is 0. The van der Waals surface area contributed by atoms with E-state index in [-0.39, 0.29) is 7.92 Å². The Labute approximate surface area is 265 Å². The molecule has 3 aromatic carbocycles. The highest BCUT2D eigenvalue weighted by atomic mass is 31.1. The third-order valence-corrected chi connectivity index (χ3v) is 13.9. The van der Waals surface area contributed by atoms with E-state index in [0.29, 0.717) is 17.8 Å². The van der Waals surface area contributed by atoms with Crippen LogP contribution in [-0.4, -0.2) is 18.4 Å². The fraction of sp³-hybridized carbons (Fsp3) is 0.561. The maximum Gasteiger partial charge on any atom is 0.127 e. The number of hydrogen-bond donors (Lipinski definition) is 0. The van der Waals surface area contributed by atoms with E-state index in [0.717, 1.165) is 17.1 Å². The molecule has 0 N–H and O–H groups in total. The highest BCUT2D eigenvalue weighted by Gasteiger charge is 2.37. The van der Waals surface area contributed by atoms with Gasteiger partial charge in [-0.25, -0.2) is 0 Å². The summed E-state index contributed by atoms with van der Waals surface area (Å²) in [5.74, 6) is 2.44. The summed E-state index contributed by atoms with van der Waals surface area (Å²) in [5, 5.41) is 1.61. The van der Waals surface area contributed by atoms with Crippen LogP contribution in [0.5, 0.6) is 5.75 Å². The molecule has 1 nitrogen and oxygen atoms in total. The van der Waals surface area contributed by atoms with Gasteiger partial charge >= 0.3 is 0 Å². The molecule has 0 atom stereocenters. The summed E-state index contributed by atoms with van der Waals surface area (Å²) < 4.78 is 6.42. The van der Waals surface area contributed by atoms with Gasteiger partial charge in [0.05, 0.1) is 7.11 Å². The van der Waals surface area contributed by atoms with Gasteiger partial charge in [0.1, 0.15) is 5.75 Å². The zero-order chi connectivity index (χ0) is 30.7. The molecule has 232 valence electrons. The predicted molar refractivity (Wildman–Crippen MR) is 191 cm³/mol. The average molecular weight is 597 g/mol.